The minimum absolute atomic E-state index is 0.0380. The van der Waals surface area contributed by atoms with Gasteiger partial charge in [0.1, 0.15) is 5.76 Å². The van der Waals surface area contributed by atoms with Crippen LogP contribution in [-0.2, 0) is 11.3 Å². The minimum Gasteiger partial charge on any atom is -0.444 e. The number of nitrogens with zero attached hydrogens (tertiary/aromatic N) is 1. The summed E-state index contributed by atoms with van der Waals surface area (Å²) in [6.07, 6.45) is 3.95. The Morgan fingerprint density at radius 3 is 2.61 bits per heavy atom. The molecular formula is C13H21N3O2. The molecule has 0 atom stereocenters. The highest BCUT2D eigenvalue weighted by Crippen LogP contribution is 2.37. The fourth-order valence-electron chi connectivity index (χ4n) is 2.53. The van der Waals surface area contributed by atoms with Gasteiger partial charge in [-0.3, -0.25) is 4.79 Å². The molecule has 1 saturated carbocycles. The number of aromatic nitrogens is 1. The van der Waals surface area contributed by atoms with E-state index in [-0.39, 0.29) is 11.3 Å². The van der Waals surface area contributed by atoms with Crippen LogP contribution in [0.1, 0.15) is 43.0 Å². The predicted octanol–water partition coefficient (Wildman–Crippen LogP) is 1.43. The molecule has 1 aromatic rings. The fourth-order valence-corrected chi connectivity index (χ4v) is 2.53. The standard InChI is InChI=1S/C13H21N3O2/c1-9-10(2)18-11(16-9)7-15-12(17)13(8-14)5-3-4-6-13/h3-8,14H2,1-2H3,(H,15,17). The zero-order valence-corrected chi connectivity index (χ0v) is 11.1. The monoisotopic (exact) mass is 251 g/mol. The van der Waals surface area contributed by atoms with E-state index in [1.165, 1.54) is 0 Å². The topological polar surface area (TPSA) is 81.2 Å². The van der Waals surface area contributed by atoms with Gasteiger partial charge in [-0.2, -0.15) is 0 Å². The first-order valence-electron chi connectivity index (χ1n) is 6.49. The lowest BCUT2D eigenvalue weighted by molar-refractivity contribution is -0.130. The molecule has 0 bridgehead atoms. The van der Waals surface area contributed by atoms with Gasteiger partial charge in [0.25, 0.3) is 0 Å². The van der Waals surface area contributed by atoms with E-state index in [0.717, 1.165) is 37.1 Å². The quantitative estimate of drug-likeness (QED) is 0.848. The molecule has 0 aromatic carbocycles. The second-order valence-corrected chi connectivity index (χ2v) is 5.12. The van der Waals surface area contributed by atoms with Crippen molar-refractivity contribution < 1.29 is 9.21 Å². The summed E-state index contributed by atoms with van der Waals surface area (Å²) >= 11 is 0. The van der Waals surface area contributed by atoms with Crippen molar-refractivity contribution in [3.05, 3.63) is 17.3 Å². The van der Waals surface area contributed by atoms with Crippen molar-refractivity contribution in [2.75, 3.05) is 6.54 Å². The number of hydrogen-bond donors (Lipinski definition) is 2. The summed E-state index contributed by atoms with van der Waals surface area (Å²) in [4.78, 5) is 16.4. The Balaban J connectivity index is 1.95. The smallest absolute Gasteiger partial charge is 0.227 e. The molecule has 0 saturated heterocycles. The molecule has 5 heteroatoms. The molecule has 3 N–H and O–H groups in total. The summed E-state index contributed by atoms with van der Waals surface area (Å²) in [7, 11) is 0. The van der Waals surface area contributed by atoms with Gasteiger partial charge in [0, 0.05) is 6.54 Å². The van der Waals surface area contributed by atoms with E-state index in [4.69, 9.17) is 10.2 Å². The van der Waals surface area contributed by atoms with E-state index in [2.05, 4.69) is 10.3 Å². The van der Waals surface area contributed by atoms with E-state index in [1.54, 1.807) is 0 Å². The van der Waals surface area contributed by atoms with Crippen LogP contribution in [0.4, 0.5) is 0 Å². The van der Waals surface area contributed by atoms with Crippen molar-refractivity contribution in [1.82, 2.24) is 10.3 Å². The van der Waals surface area contributed by atoms with Gasteiger partial charge < -0.3 is 15.5 Å². The lowest BCUT2D eigenvalue weighted by atomic mass is 9.85. The Bertz CT molecular complexity index is 414. The van der Waals surface area contributed by atoms with Crippen LogP contribution in [0.3, 0.4) is 0 Å². The first kappa shape index (κ1) is 13.1. The second-order valence-electron chi connectivity index (χ2n) is 5.12. The van der Waals surface area contributed by atoms with Crippen LogP contribution in [0.2, 0.25) is 0 Å². The Hall–Kier alpha value is -1.36. The maximum absolute atomic E-state index is 12.2. The first-order valence-corrected chi connectivity index (χ1v) is 6.49. The number of nitrogens with two attached hydrogens (primary N) is 1. The summed E-state index contributed by atoms with van der Waals surface area (Å²) in [6, 6.07) is 0. The highest BCUT2D eigenvalue weighted by Gasteiger charge is 2.39. The average molecular weight is 251 g/mol. The zero-order chi connectivity index (χ0) is 13.2. The molecule has 1 aliphatic carbocycles. The van der Waals surface area contributed by atoms with E-state index >= 15 is 0 Å². The Labute approximate surface area is 107 Å². The normalized spacial score (nSPS) is 17.9. The van der Waals surface area contributed by atoms with Gasteiger partial charge in [0.05, 0.1) is 17.7 Å². The van der Waals surface area contributed by atoms with Gasteiger partial charge in [-0.25, -0.2) is 4.98 Å². The SMILES string of the molecule is Cc1nc(CNC(=O)C2(CN)CCCC2)oc1C. The molecule has 1 fully saturated rings. The third kappa shape index (κ3) is 2.41. The van der Waals surface area contributed by atoms with Crippen molar-refractivity contribution in [1.29, 1.82) is 0 Å². The average Bonchev–Trinajstić information content (AvgIpc) is 2.95. The minimum atomic E-state index is -0.364. The number of carbonyl (C=O) groups is 1. The van der Waals surface area contributed by atoms with Crippen molar-refractivity contribution in [2.24, 2.45) is 11.1 Å². The number of hydrogen-bond acceptors (Lipinski definition) is 4. The molecule has 1 amide bonds. The van der Waals surface area contributed by atoms with Crippen LogP contribution in [0.15, 0.2) is 4.42 Å². The number of carbonyl (C=O) groups excluding carboxylic acids is 1. The molecule has 1 aliphatic rings. The summed E-state index contributed by atoms with van der Waals surface area (Å²) in [5.74, 6) is 1.40. The van der Waals surface area contributed by atoms with Crippen LogP contribution in [0.5, 0.6) is 0 Å². The lowest BCUT2D eigenvalue weighted by Gasteiger charge is -2.25. The molecule has 100 valence electrons. The van der Waals surface area contributed by atoms with Crippen LogP contribution in [0, 0.1) is 19.3 Å². The van der Waals surface area contributed by atoms with Gasteiger partial charge in [-0.05, 0) is 26.7 Å². The highest BCUT2D eigenvalue weighted by molar-refractivity contribution is 5.83. The summed E-state index contributed by atoms with van der Waals surface area (Å²) in [5, 5.41) is 2.90. The molecule has 0 unspecified atom stereocenters. The van der Waals surface area contributed by atoms with Crippen molar-refractivity contribution >= 4 is 5.91 Å². The molecule has 0 radical (unpaired) electrons. The molecule has 18 heavy (non-hydrogen) atoms. The second kappa shape index (κ2) is 5.10. The number of nitrogens with one attached hydrogen (secondary N) is 1. The summed E-state index contributed by atoms with van der Waals surface area (Å²) in [5.41, 5.74) is 6.27. The highest BCUT2D eigenvalue weighted by atomic mass is 16.4. The van der Waals surface area contributed by atoms with Crippen LogP contribution in [0.25, 0.3) is 0 Å². The number of amides is 1. The molecule has 0 spiro atoms. The van der Waals surface area contributed by atoms with Crippen LogP contribution >= 0.6 is 0 Å². The van der Waals surface area contributed by atoms with Crippen molar-refractivity contribution in [3.63, 3.8) is 0 Å². The maximum Gasteiger partial charge on any atom is 0.227 e. The number of rotatable bonds is 4. The van der Waals surface area contributed by atoms with Gasteiger partial charge in [0.15, 0.2) is 0 Å². The van der Waals surface area contributed by atoms with E-state index in [9.17, 15) is 4.79 Å². The number of oxazole rings is 1. The zero-order valence-electron chi connectivity index (χ0n) is 11.1. The van der Waals surface area contributed by atoms with Crippen LogP contribution in [-0.4, -0.2) is 17.4 Å². The van der Waals surface area contributed by atoms with Gasteiger partial charge in [-0.15, -0.1) is 0 Å². The molecule has 5 nitrogen and oxygen atoms in total. The Morgan fingerprint density at radius 1 is 1.44 bits per heavy atom. The van der Waals surface area contributed by atoms with Gasteiger partial charge in [-0.1, -0.05) is 12.8 Å². The molecule has 1 aromatic heterocycles. The third-order valence-electron chi connectivity index (χ3n) is 3.91. The largest absolute Gasteiger partial charge is 0.444 e. The first-order chi connectivity index (χ1) is 8.57. The molecular weight excluding hydrogens is 230 g/mol. The van der Waals surface area contributed by atoms with Crippen molar-refractivity contribution in [2.45, 2.75) is 46.1 Å². The summed E-state index contributed by atoms with van der Waals surface area (Å²) in [6.45, 7) is 4.52. The van der Waals surface area contributed by atoms with Crippen molar-refractivity contribution in [3.8, 4) is 0 Å². The van der Waals surface area contributed by atoms with E-state index in [1.807, 2.05) is 13.8 Å². The van der Waals surface area contributed by atoms with E-state index < -0.39 is 0 Å². The van der Waals surface area contributed by atoms with Gasteiger partial charge >= 0.3 is 0 Å². The Morgan fingerprint density at radius 2 is 2.11 bits per heavy atom. The molecule has 1 heterocycles. The number of aryl methyl sites for hydroxylation is 2. The summed E-state index contributed by atoms with van der Waals surface area (Å²) < 4.78 is 5.44. The lowest BCUT2D eigenvalue weighted by Crippen LogP contribution is -2.43. The van der Waals surface area contributed by atoms with Crippen LogP contribution < -0.4 is 11.1 Å². The molecule has 0 aliphatic heterocycles. The maximum atomic E-state index is 12.2. The third-order valence-corrected chi connectivity index (χ3v) is 3.91. The Kier molecular flexibility index (Phi) is 3.71. The fraction of sp³-hybridized carbons (Fsp3) is 0.692. The van der Waals surface area contributed by atoms with E-state index in [0.29, 0.717) is 19.0 Å². The van der Waals surface area contributed by atoms with Gasteiger partial charge in [0.2, 0.25) is 11.8 Å². The predicted molar refractivity (Wildman–Crippen MR) is 67.8 cm³/mol. The molecule has 2 rings (SSSR count).